The van der Waals surface area contributed by atoms with Crippen molar-refractivity contribution in [2.75, 3.05) is 4.31 Å². The number of nitrogens with zero attached hydrogens (tertiary/aromatic N) is 1. The number of benzene rings is 2. The van der Waals surface area contributed by atoms with E-state index in [2.05, 4.69) is 17.7 Å². The molecule has 0 amide bonds. The normalized spacial score (nSPS) is 11.0. The van der Waals surface area contributed by atoms with Gasteiger partial charge in [-0.3, -0.25) is 0 Å². The van der Waals surface area contributed by atoms with Crippen molar-refractivity contribution in [3.8, 4) is 0 Å². The van der Waals surface area contributed by atoms with Gasteiger partial charge < -0.3 is 0 Å². The van der Waals surface area contributed by atoms with Crippen LogP contribution in [0.4, 0.5) is 10.1 Å². The van der Waals surface area contributed by atoms with Crippen LogP contribution >= 0.6 is 12.2 Å². The third-order valence-electron chi connectivity index (χ3n) is 2.43. The Hall–Kier alpha value is -1.79. The Bertz CT molecular complexity index is 670. The van der Waals surface area contributed by atoms with E-state index in [1.54, 1.807) is 30.3 Å². The molecule has 0 aromatic heterocycles. The number of thiocarbonyl (C=S) groups is 1. The van der Waals surface area contributed by atoms with Crippen molar-refractivity contribution in [3.63, 3.8) is 0 Å². The van der Waals surface area contributed by atoms with Crippen LogP contribution in [-0.2, 0) is 10.0 Å². The van der Waals surface area contributed by atoms with Crippen molar-refractivity contribution in [1.82, 2.24) is 0 Å². The fraction of sp³-hybridized carbons (Fsp3) is 0. The number of halogens is 1. The van der Waals surface area contributed by atoms with Crippen LogP contribution in [0.3, 0.4) is 0 Å². The maximum Gasteiger partial charge on any atom is 0.269 e. The number of sulfonamides is 1. The van der Waals surface area contributed by atoms with E-state index < -0.39 is 15.8 Å². The second-order valence-electron chi connectivity index (χ2n) is 3.65. The van der Waals surface area contributed by atoms with Gasteiger partial charge >= 0.3 is 0 Å². The number of para-hydroxylation sites is 1. The molecule has 0 aliphatic carbocycles. The third kappa shape index (κ3) is 2.80. The average Bonchev–Trinajstić information content (AvgIpc) is 2.41. The van der Waals surface area contributed by atoms with E-state index in [4.69, 9.17) is 0 Å². The molecule has 97 valence electrons. The van der Waals surface area contributed by atoms with Crippen molar-refractivity contribution in [2.24, 2.45) is 0 Å². The third-order valence-corrected chi connectivity index (χ3v) is 4.37. The smallest absolute Gasteiger partial charge is 0.221 e. The summed E-state index contributed by atoms with van der Waals surface area (Å²) in [7, 11) is -3.87. The molecule has 0 aliphatic rings. The Balaban J connectivity index is 2.48. The molecule has 0 unspecified atom stereocenters. The summed E-state index contributed by atoms with van der Waals surface area (Å²) >= 11 is 4.65. The van der Waals surface area contributed by atoms with Crippen LogP contribution in [-0.4, -0.2) is 13.9 Å². The Kier molecular flexibility index (Phi) is 3.92. The fourth-order valence-corrected chi connectivity index (χ4v) is 3.10. The first-order chi connectivity index (χ1) is 9.05. The van der Waals surface area contributed by atoms with Crippen LogP contribution < -0.4 is 4.31 Å². The summed E-state index contributed by atoms with van der Waals surface area (Å²) in [6, 6.07) is 12.9. The molecule has 3 nitrogen and oxygen atoms in total. The van der Waals surface area contributed by atoms with Crippen LogP contribution in [0.2, 0.25) is 0 Å². The van der Waals surface area contributed by atoms with Gasteiger partial charge in [0.15, 0.2) is 5.49 Å². The van der Waals surface area contributed by atoms with Gasteiger partial charge in [0.2, 0.25) is 0 Å². The molecular weight excluding hydrogens is 285 g/mol. The number of anilines is 1. The van der Waals surface area contributed by atoms with E-state index in [9.17, 15) is 12.8 Å². The lowest BCUT2D eigenvalue weighted by Gasteiger charge is -2.18. The highest BCUT2D eigenvalue weighted by molar-refractivity contribution is 7.95. The molecule has 0 heterocycles. The van der Waals surface area contributed by atoms with E-state index >= 15 is 0 Å². The first kappa shape index (κ1) is 13.6. The van der Waals surface area contributed by atoms with Crippen molar-refractivity contribution in [2.45, 2.75) is 4.90 Å². The minimum Gasteiger partial charge on any atom is -0.221 e. The summed E-state index contributed by atoms with van der Waals surface area (Å²) in [6.07, 6.45) is 0. The molecule has 0 N–H and O–H groups in total. The molecule has 0 saturated heterocycles. The minimum absolute atomic E-state index is 0.0462. The van der Waals surface area contributed by atoms with Crippen LogP contribution in [0.1, 0.15) is 0 Å². The zero-order valence-electron chi connectivity index (χ0n) is 9.65. The number of rotatable bonds is 4. The number of hydrogen-bond donors (Lipinski definition) is 0. The summed E-state index contributed by atoms with van der Waals surface area (Å²) in [6.45, 7) is 0. The van der Waals surface area contributed by atoms with Gasteiger partial charge in [0, 0.05) is 0 Å². The van der Waals surface area contributed by atoms with E-state index in [0.717, 1.165) is 16.4 Å². The molecule has 0 aliphatic heterocycles. The van der Waals surface area contributed by atoms with Crippen molar-refractivity contribution in [1.29, 1.82) is 0 Å². The van der Waals surface area contributed by atoms with Crippen molar-refractivity contribution < 1.29 is 12.8 Å². The Morgan fingerprint density at radius 3 is 2.11 bits per heavy atom. The quantitative estimate of drug-likeness (QED) is 0.643. The van der Waals surface area contributed by atoms with Gasteiger partial charge in [-0.2, -0.15) is 0 Å². The van der Waals surface area contributed by atoms with Gasteiger partial charge in [0.1, 0.15) is 5.82 Å². The lowest BCUT2D eigenvalue weighted by atomic mass is 10.3. The van der Waals surface area contributed by atoms with Gasteiger partial charge in [-0.1, -0.05) is 30.4 Å². The molecular formula is C13H9FNO2S2. The predicted molar refractivity (Wildman–Crippen MR) is 75.1 cm³/mol. The zero-order valence-corrected chi connectivity index (χ0v) is 11.3. The van der Waals surface area contributed by atoms with Gasteiger partial charge in [-0.05, 0) is 36.4 Å². The summed E-state index contributed by atoms with van der Waals surface area (Å²) < 4.78 is 38.4. The molecule has 19 heavy (non-hydrogen) atoms. The average molecular weight is 294 g/mol. The Morgan fingerprint density at radius 2 is 1.58 bits per heavy atom. The molecule has 0 bridgehead atoms. The molecule has 0 saturated carbocycles. The second-order valence-corrected chi connectivity index (χ2v) is 5.62. The van der Waals surface area contributed by atoms with Crippen LogP contribution in [0, 0.1) is 5.82 Å². The highest BCUT2D eigenvalue weighted by Crippen LogP contribution is 2.22. The zero-order chi connectivity index (χ0) is 13.9. The molecule has 1 radical (unpaired) electrons. The molecule has 0 fully saturated rings. The Morgan fingerprint density at radius 1 is 1.00 bits per heavy atom. The largest absolute Gasteiger partial charge is 0.269 e. The van der Waals surface area contributed by atoms with Crippen LogP contribution in [0.15, 0.2) is 59.5 Å². The van der Waals surface area contributed by atoms with Gasteiger partial charge in [0.25, 0.3) is 10.0 Å². The summed E-state index contributed by atoms with van der Waals surface area (Å²) in [5.41, 5.74) is 2.58. The molecule has 2 aromatic carbocycles. The van der Waals surface area contributed by atoms with Crippen molar-refractivity contribution >= 4 is 33.4 Å². The Labute approximate surface area is 116 Å². The SMILES string of the molecule is O=S(=O)(c1ccc(F)cc1)N([C]=S)c1ccccc1. The van der Waals surface area contributed by atoms with Crippen molar-refractivity contribution in [3.05, 3.63) is 60.4 Å². The second kappa shape index (κ2) is 5.46. The van der Waals surface area contributed by atoms with E-state index in [0.29, 0.717) is 5.69 Å². The maximum absolute atomic E-state index is 12.8. The van der Waals surface area contributed by atoms with E-state index in [1.165, 1.54) is 12.1 Å². The summed E-state index contributed by atoms with van der Waals surface area (Å²) in [5.74, 6) is -0.503. The molecule has 2 rings (SSSR count). The van der Waals surface area contributed by atoms with Gasteiger partial charge in [0.05, 0.1) is 10.6 Å². The molecule has 0 spiro atoms. The predicted octanol–water partition coefficient (Wildman–Crippen LogP) is 2.86. The van der Waals surface area contributed by atoms with Crippen LogP contribution in [0.25, 0.3) is 0 Å². The van der Waals surface area contributed by atoms with E-state index in [-0.39, 0.29) is 4.90 Å². The van der Waals surface area contributed by atoms with Gasteiger partial charge in [-0.15, -0.1) is 0 Å². The van der Waals surface area contributed by atoms with Gasteiger partial charge in [-0.25, -0.2) is 17.1 Å². The topological polar surface area (TPSA) is 37.4 Å². The van der Waals surface area contributed by atoms with E-state index in [1.807, 2.05) is 0 Å². The summed E-state index contributed by atoms with van der Waals surface area (Å²) in [5, 5.41) is 0. The molecule has 2 aromatic rings. The van der Waals surface area contributed by atoms with Crippen LogP contribution in [0.5, 0.6) is 0 Å². The number of hydrogen-bond acceptors (Lipinski definition) is 3. The maximum atomic E-state index is 12.8. The monoisotopic (exact) mass is 294 g/mol. The highest BCUT2D eigenvalue weighted by atomic mass is 32.2. The highest BCUT2D eigenvalue weighted by Gasteiger charge is 2.23. The first-order valence-corrected chi connectivity index (χ1v) is 7.14. The fourth-order valence-electron chi connectivity index (χ4n) is 1.52. The lowest BCUT2D eigenvalue weighted by Crippen LogP contribution is -2.28. The first-order valence-electron chi connectivity index (χ1n) is 5.29. The lowest BCUT2D eigenvalue weighted by molar-refractivity contribution is 0.596. The molecule has 0 atom stereocenters. The molecule has 6 heteroatoms. The minimum atomic E-state index is -3.87. The summed E-state index contributed by atoms with van der Waals surface area (Å²) in [4.78, 5) is -0.0462. The standard InChI is InChI=1S/C13H9FNO2S2/c14-11-6-8-13(9-7-11)19(16,17)15(10-18)12-4-2-1-3-5-12/h1-9H.